The van der Waals surface area contributed by atoms with Crippen LogP contribution in [-0.4, -0.2) is 71.5 Å². The summed E-state index contributed by atoms with van der Waals surface area (Å²) in [7, 11) is 0. The summed E-state index contributed by atoms with van der Waals surface area (Å²) in [6.07, 6.45) is 5.79. The first-order valence-corrected chi connectivity index (χ1v) is 10.3. The molecule has 0 radical (unpaired) electrons. The molecule has 3 fully saturated rings. The third-order valence-corrected chi connectivity index (χ3v) is 6.85. The molecule has 3 aliphatic rings. The van der Waals surface area contributed by atoms with Gasteiger partial charge in [0.1, 0.15) is 0 Å². The van der Waals surface area contributed by atoms with Crippen LogP contribution in [0.4, 0.5) is 0 Å². The maximum atomic E-state index is 13.2. The number of nitrogens with one attached hydrogen (secondary N) is 1. The number of amides is 3. The van der Waals surface area contributed by atoms with Gasteiger partial charge < -0.3 is 20.2 Å². The Labute approximate surface area is 161 Å². The molecular formula is C20H33N3O4. The van der Waals surface area contributed by atoms with Crippen molar-refractivity contribution in [2.45, 2.75) is 64.9 Å². The lowest BCUT2D eigenvalue weighted by Gasteiger charge is -2.51. The minimum atomic E-state index is -0.505. The second-order valence-electron chi connectivity index (χ2n) is 8.99. The Kier molecular flexibility index (Phi) is 5.79. The largest absolute Gasteiger partial charge is 0.392 e. The van der Waals surface area contributed by atoms with Gasteiger partial charge in [-0.2, -0.15) is 0 Å². The van der Waals surface area contributed by atoms with E-state index >= 15 is 0 Å². The van der Waals surface area contributed by atoms with Gasteiger partial charge in [0.15, 0.2) is 0 Å². The monoisotopic (exact) mass is 379 g/mol. The van der Waals surface area contributed by atoms with E-state index in [4.69, 9.17) is 0 Å². The highest BCUT2D eigenvalue weighted by Gasteiger charge is 2.49. The van der Waals surface area contributed by atoms with Gasteiger partial charge in [-0.1, -0.05) is 19.8 Å². The second-order valence-corrected chi connectivity index (χ2v) is 8.99. The first-order valence-electron chi connectivity index (χ1n) is 10.3. The average Bonchev–Trinajstić information content (AvgIpc) is 3.09. The number of aliphatic hydroxyl groups excluding tert-OH is 1. The van der Waals surface area contributed by atoms with Crippen molar-refractivity contribution in [3.05, 3.63) is 0 Å². The third kappa shape index (κ3) is 4.13. The molecule has 2 heterocycles. The van der Waals surface area contributed by atoms with Crippen molar-refractivity contribution in [3.8, 4) is 0 Å². The molecule has 27 heavy (non-hydrogen) atoms. The number of piperidine rings is 2. The normalized spacial score (nSPS) is 30.4. The fraction of sp³-hybridized carbons (Fsp3) is 0.850. The number of carbonyl (C=O) groups excluding carboxylic acids is 3. The molecule has 0 aromatic rings. The Morgan fingerprint density at radius 1 is 1.04 bits per heavy atom. The number of carbonyl (C=O) groups is 3. The lowest BCUT2D eigenvalue weighted by atomic mass is 9.71. The van der Waals surface area contributed by atoms with E-state index in [1.54, 1.807) is 4.90 Å². The molecule has 2 saturated heterocycles. The number of hydrogen-bond donors (Lipinski definition) is 2. The lowest BCUT2D eigenvalue weighted by Crippen LogP contribution is -2.62. The van der Waals surface area contributed by atoms with Crippen molar-refractivity contribution in [2.75, 3.05) is 32.7 Å². The van der Waals surface area contributed by atoms with Gasteiger partial charge in [0.2, 0.25) is 17.7 Å². The van der Waals surface area contributed by atoms with Crippen molar-refractivity contribution in [1.29, 1.82) is 0 Å². The topological polar surface area (TPSA) is 89.9 Å². The summed E-state index contributed by atoms with van der Waals surface area (Å²) in [6, 6.07) is 0. The van der Waals surface area contributed by atoms with Crippen LogP contribution in [0.5, 0.6) is 0 Å². The number of likely N-dealkylation sites (tertiary alicyclic amines) is 2. The molecule has 2 N–H and O–H groups in total. The maximum absolute atomic E-state index is 13.2. The van der Waals surface area contributed by atoms with Gasteiger partial charge in [-0.3, -0.25) is 14.4 Å². The summed E-state index contributed by atoms with van der Waals surface area (Å²) in [6.45, 7) is 5.66. The lowest BCUT2D eigenvalue weighted by molar-refractivity contribution is -0.154. The number of rotatable bonds is 3. The molecular weight excluding hydrogens is 346 g/mol. The number of hydrogen-bond acceptors (Lipinski definition) is 4. The van der Waals surface area contributed by atoms with Crippen LogP contribution in [0.3, 0.4) is 0 Å². The zero-order chi connectivity index (χ0) is 19.7. The van der Waals surface area contributed by atoms with E-state index in [2.05, 4.69) is 12.2 Å². The van der Waals surface area contributed by atoms with Gasteiger partial charge in [0.25, 0.3) is 0 Å². The van der Waals surface area contributed by atoms with Crippen LogP contribution in [0.1, 0.15) is 58.8 Å². The predicted octanol–water partition coefficient (Wildman–Crippen LogP) is 0.905. The Morgan fingerprint density at radius 2 is 1.70 bits per heavy atom. The molecule has 7 nitrogen and oxygen atoms in total. The molecule has 0 bridgehead atoms. The van der Waals surface area contributed by atoms with Crippen LogP contribution in [-0.2, 0) is 14.4 Å². The van der Waals surface area contributed by atoms with Crippen molar-refractivity contribution in [1.82, 2.24) is 15.1 Å². The summed E-state index contributed by atoms with van der Waals surface area (Å²) in [4.78, 5) is 40.4. The Balaban J connectivity index is 1.69. The van der Waals surface area contributed by atoms with Crippen LogP contribution in [0.25, 0.3) is 0 Å². The van der Waals surface area contributed by atoms with Crippen molar-refractivity contribution >= 4 is 17.7 Å². The molecule has 3 rings (SSSR count). The van der Waals surface area contributed by atoms with Gasteiger partial charge >= 0.3 is 0 Å². The zero-order valence-corrected chi connectivity index (χ0v) is 16.6. The fourth-order valence-electron chi connectivity index (χ4n) is 5.16. The molecule has 1 saturated carbocycles. The molecule has 1 aliphatic carbocycles. The quantitative estimate of drug-likeness (QED) is 0.763. The van der Waals surface area contributed by atoms with Gasteiger partial charge in [0, 0.05) is 43.9 Å². The summed E-state index contributed by atoms with van der Waals surface area (Å²) in [5.74, 6) is -0.134. The molecule has 7 heteroatoms. The summed E-state index contributed by atoms with van der Waals surface area (Å²) in [5.41, 5.74) is -0.716. The Hall–Kier alpha value is -1.63. The van der Waals surface area contributed by atoms with Crippen LogP contribution in [0.2, 0.25) is 0 Å². The van der Waals surface area contributed by atoms with Gasteiger partial charge in [-0.15, -0.1) is 0 Å². The molecule has 2 aliphatic heterocycles. The summed E-state index contributed by atoms with van der Waals surface area (Å²) in [5, 5.41) is 13.3. The van der Waals surface area contributed by atoms with Gasteiger partial charge in [-0.25, -0.2) is 0 Å². The van der Waals surface area contributed by atoms with E-state index < -0.39 is 11.5 Å². The van der Waals surface area contributed by atoms with E-state index in [0.29, 0.717) is 26.1 Å². The van der Waals surface area contributed by atoms with Gasteiger partial charge in [0.05, 0.1) is 12.6 Å². The first-order chi connectivity index (χ1) is 12.8. The molecule has 1 unspecified atom stereocenters. The minimum absolute atomic E-state index is 0.0117. The third-order valence-electron chi connectivity index (χ3n) is 6.85. The SMILES string of the molecule is CC(=O)NCC(=O)N1CCC(O)[C@]2(CCCN(C(=O)C3(C)CCCC3)C2)C1. The van der Waals surface area contributed by atoms with Crippen LogP contribution >= 0.6 is 0 Å². The van der Waals surface area contributed by atoms with Crippen molar-refractivity contribution in [3.63, 3.8) is 0 Å². The molecule has 1 spiro atoms. The van der Waals surface area contributed by atoms with E-state index in [9.17, 15) is 19.5 Å². The van der Waals surface area contributed by atoms with Crippen molar-refractivity contribution < 1.29 is 19.5 Å². The maximum Gasteiger partial charge on any atom is 0.241 e. The van der Waals surface area contributed by atoms with Gasteiger partial charge in [-0.05, 0) is 32.1 Å². The van der Waals surface area contributed by atoms with E-state index in [1.807, 2.05) is 4.90 Å². The van der Waals surface area contributed by atoms with E-state index in [1.165, 1.54) is 6.92 Å². The first kappa shape index (κ1) is 20.1. The highest BCUT2D eigenvalue weighted by molar-refractivity contribution is 5.84. The summed E-state index contributed by atoms with van der Waals surface area (Å²) < 4.78 is 0. The van der Waals surface area contributed by atoms with Crippen molar-refractivity contribution in [2.24, 2.45) is 10.8 Å². The molecule has 3 amide bonds. The number of aliphatic hydroxyl groups is 1. The molecule has 152 valence electrons. The zero-order valence-electron chi connectivity index (χ0n) is 16.6. The Morgan fingerprint density at radius 3 is 2.37 bits per heavy atom. The Bertz CT molecular complexity index is 602. The molecule has 0 aromatic heterocycles. The number of nitrogens with zero attached hydrogens (tertiary/aromatic N) is 2. The molecule has 2 atom stereocenters. The van der Waals surface area contributed by atoms with Crippen LogP contribution < -0.4 is 5.32 Å². The predicted molar refractivity (Wildman–Crippen MR) is 101 cm³/mol. The highest BCUT2D eigenvalue weighted by Crippen LogP contribution is 2.43. The average molecular weight is 380 g/mol. The van der Waals surface area contributed by atoms with Crippen LogP contribution in [0, 0.1) is 10.8 Å². The second kappa shape index (κ2) is 7.78. The van der Waals surface area contributed by atoms with Crippen LogP contribution in [0.15, 0.2) is 0 Å². The standard InChI is InChI=1S/C20H33N3O4/c1-15(24)21-12-17(26)22-11-6-16(25)20(13-22)9-5-10-23(14-20)18(27)19(2)7-3-4-8-19/h16,25H,3-14H2,1-2H3,(H,21,24)/t16?,20-/m1/s1. The fourth-order valence-corrected chi connectivity index (χ4v) is 5.16. The van der Waals surface area contributed by atoms with E-state index in [-0.39, 0.29) is 29.7 Å². The minimum Gasteiger partial charge on any atom is -0.392 e. The summed E-state index contributed by atoms with van der Waals surface area (Å²) >= 11 is 0. The van der Waals surface area contributed by atoms with E-state index in [0.717, 1.165) is 45.1 Å². The molecule has 0 aromatic carbocycles. The highest BCUT2D eigenvalue weighted by atomic mass is 16.3. The smallest absolute Gasteiger partial charge is 0.241 e.